The maximum atomic E-state index is 16.5. The molecule has 9 rings (SSSR count). The third-order valence-corrected chi connectivity index (χ3v) is 17.9. The van der Waals surface area contributed by atoms with E-state index in [1.54, 1.807) is 53.1 Å². The molecular weight excluding hydrogens is 1170 g/mol. The molecule has 2 saturated heterocycles. The number of likely N-dealkylation sites (N-methyl/N-ethyl adjacent to an activating group) is 2. The number of rotatable bonds is 24. The van der Waals surface area contributed by atoms with Crippen molar-refractivity contribution in [3.05, 3.63) is 87.7 Å². The van der Waals surface area contributed by atoms with Crippen LogP contribution in [0, 0.1) is 23.5 Å². The predicted octanol–water partition coefficient (Wildman–Crippen LogP) is 10.9. The third kappa shape index (κ3) is 15.5. The number of nitrogens with two attached hydrogens (primary N) is 1. The van der Waals surface area contributed by atoms with Crippen LogP contribution < -0.4 is 20.7 Å². The normalized spacial score (nSPS) is 16.4. The third-order valence-electron chi connectivity index (χ3n) is 16.7. The molecular formula is C64H79ClF2N10O10S. The lowest BCUT2D eigenvalue weighted by atomic mass is 9.76. The summed E-state index contributed by atoms with van der Waals surface area (Å²) in [6, 6.07) is 15.5. The summed E-state index contributed by atoms with van der Waals surface area (Å²) in [5.41, 5.74) is 5.58. The molecule has 472 valence electrons. The van der Waals surface area contributed by atoms with Crippen molar-refractivity contribution >= 4 is 86.1 Å². The van der Waals surface area contributed by atoms with Crippen LogP contribution in [0.5, 0.6) is 11.5 Å². The van der Waals surface area contributed by atoms with Crippen LogP contribution in [0.25, 0.3) is 44.1 Å². The Labute approximate surface area is 520 Å². The molecule has 3 fully saturated rings. The summed E-state index contributed by atoms with van der Waals surface area (Å²) in [5, 5.41) is 18.4. The minimum atomic E-state index is -0.976. The van der Waals surface area contributed by atoms with Gasteiger partial charge in [0.25, 0.3) is 0 Å². The van der Waals surface area contributed by atoms with E-state index in [0.717, 1.165) is 78.0 Å². The smallest absolute Gasteiger partial charge is 0.410 e. The number of hydrogen-bond acceptors (Lipinski definition) is 16. The minimum absolute atomic E-state index is 0.00277. The Balaban J connectivity index is 0.733. The van der Waals surface area contributed by atoms with Crippen molar-refractivity contribution < 1.29 is 56.8 Å². The van der Waals surface area contributed by atoms with Crippen LogP contribution >= 0.6 is 22.9 Å². The first-order valence-corrected chi connectivity index (χ1v) is 31.4. The number of phenolic OH excluding ortho intramolecular Hbond substituents is 1. The van der Waals surface area contributed by atoms with Gasteiger partial charge in [0.15, 0.2) is 11.6 Å². The maximum Gasteiger partial charge on any atom is 0.410 e. The Morgan fingerprint density at radius 2 is 1.56 bits per heavy atom. The van der Waals surface area contributed by atoms with Crippen molar-refractivity contribution in [3.8, 4) is 33.9 Å². The predicted molar refractivity (Wildman–Crippen MR) is 335 cm³/mol. The van der Waals surface area contributed by atoms with Gasteiger partial charge in [0.05, 0.1) is 54.8 Å². The summed E-state index contributed by atoms with van der Waals surface area (Å²) >= 11 is 8.13. The van der Waals surface area contributed by atoms with Gasteiger partial charge in [0.2, 0.25) is 17.8 Å². The maximum absolute atomic E-state index is 16.5. The van der Waals surface area contributed by atoms with Gasteiger partial charge in [-0.15, -0.1) is 11.3 Å². The number of anilines is 2. The molecule has 4 heterocycles. The Hall–Kier alpha value is -7.47. The quantitative estimate of drug-likeness (QED) is 0.0478. The van der Waals surface area contributed by atoms with Crippen LogP contribution in [0.2, 0.25) is 5.02 Å². The molecule has 4 aromatic carbocycles. The number of halogens is 3. The summed E-state index contributed by atoms with van der Waals surface area (Å²) in [7, 11) is 3.23. The lowest BCUT2D eigenvalue weighted by Crippen LogP contribution is -2.50. The molecule has 6 aromatic rings. The fourth-order valence-corrected chi connectivity index (χ4v) is 13.0. The molecule has 5 amide bonds. The summed E-state index contributed by atoms with van der Waals surface area (Å²) in [4.78, 5) is 89.0. The van der Waals surface area contributed by atoms with Gasteiger partial charge in [-0.2, -0.15) is 4.98 Å². The number of Topliss-reactive ketones (excluding diaryl/α,β-unsaturated/α-hetero) is 1. The first-order valence-electron chi connectivity index (χ1n) is 30.2. The number of ketones is 1. The number of piperazine rings is 1. The van der Waals surface area contributed by atoms with Gasteiger partial charge >= 0.3 is 12.1 Å². The van der Waals surface area contributed by atoms with Crippen LogP contribution in [-0.4, -0.2) is 174 Å². The van der Waals surface area contributed by atoms with E-state index in [1.165, 1.54) is 32.9 Å². The summed E-state index contributed by atoms with van der Waals surface area (Å²) in [6.07, 6.45) is 6.10. The van der Waals surface area contributed by atoms with Crippen LogP contribution in [-0.2, 0) is 28.6 Å². The number of nitrogens with zero attached hydrogens (tertiary/aromatic N) is 8. The molecule has 4 N–H and O–H groups in total. The highest BCUT2D eigenvalue weighted by Gasteiger charge is 2.41. The first-order chi connectivity index (χ1) is 42.2. The first kappa shape index (κ1) is 65.0. The molecule has 0 unspecified atom stereocenters. The highest BCUT2D eigenvalue weighted by Crippen LogP contribution is 2.44. The van der Waals surface area contributed by atoms with Crippen molar-refractivity contribution in [2.24, 2.45) is 17.6 Å². The molecule has 88 heavy (non-hydrogen) atoms. The highest BCUT2D eigenvalue weighted by atomic mass is 35.5. The molecule has 3 aliphatic rings. The Morgan fingerprint density at radius 3 is 2.27 bits per heavy atom. The van der Waals surface area contributed by atoms with Crippen molar-refractivity contribution in [2.75, 3.05) is 103 Å². The van der Waals surface area contributed by atoms with Crippen LogP contribution in [0.3, 0.4) is 0 Å². The fourth-order valence-electron chi connectivity index (χ4n) is 11.7. The van der Waals surface area contributed by atoms with E-state index >= 15 is 8.78 Å². The SMILES string of the molecule is C[C@@H](C(=O)C[C@H](C(=O)N1CCC[C@H]1c1nc(-c2ccc(OCCOCCOCCN(C)C(=O)CCNc3nc(N4CCN(C(N)=O)CC4)c4cc(Cl)c(-c5c(O)cccc5F)c(F)c4n3)c3ccccc23)cs1)C1CCCCC1)N(C)C(=O)OC(C)(C)C. The number of aromatic nitrogens is 3. The number of urea groups is 1. The van der Waals surface area contributed by atoms with Crippen molar-refractivity contribution in [1.29, 1.82) is 0 Å². The van der Waals surface area contributed by atoms with Crippen LogP contribution in [0.15, 0.2) is 66.0 Å². The Bertz CT molecular complexity index is 3460. The van der Waals surface area contributed by atoms with E-state index in [1.807, 2.05) is 51.6 Å². The second-order valence-corrected chi connectivity index (χ2v) is 25.0. The lowest BCUT2D eigenvalue weighted by Gasteiger charge is -2.35. The van der Waals surface area contributed by atoms with Gasteiger partial charge in [0, 0.05) is 106 Å². The largest absolute Gasteiger partial charge is 0.507 e. The fraction of sp³-hybridized carbons (Fsp3) is 0.500. The van der Waals surface area contributed by atoms with Gasteiger partial charge in [0.1, 0.15) is 45.9 Å². The summed E-state index contributed by atoms with van der Waals surface area (Å²) in [5.74, 6) is -2.11. The number of nitrogens with one attached hydrogen (secondary N) is 1. The number of primary amides is 1. The second kappa shape index (κ2) is 29.2. The van der Waals surface area contributed by atoms with E-state index in [9.17, 15) is 29.1 Å². The lowest BCUT2D eigenvalue weighted by molar-refractivity contribution is -0.142. The van der Waals surface area contributed by atoms with Gasteiger partial charge in [-0.05, 0) is 95.0 Å². The molecule has 0 radical (unpaired) electrons. The van der Waals surface area contributed by atoms with Gasteiger partial charge in [-0.25, -0.2) is 28.3 Å². The number of hydrogen-bond donors (Lipinski definition) is 3. The van der Waals surface area contributed by atoms with Crippen molar-refractivity contribution in [2.45, 2.75) is 103 Å². The van der Waals surface area contributed by atoms with E-state index in [2.05, 4.69) is 15.3 Å². The van der Waals surface area contributed by atoms with E-state index in [0.29, 0.717) is 51.0 Å². The molecule has 1 aliphatic carbocycles. The number of ether oxygens (including phenoxy) is 4. The van der Waals surface area contributed by atoms with E-state index in [4.69, 9.17) is 41.3 Å². The topological polar surface area (TPSA) is 235 Å². The number of benzene rings is 4. The van der Waals surface area contributed by atoms with Crippen molar-refractivity contribution in [3.63, 3.8) is 0 Å². The van der Waals surface area contributed by atoms with Gasteiger partial charge < -0.3 is 59.6 Å². The number of aromatic hydroxyl groups is 1. The van der Waals surface area contributed by atoms with E-state index < -0.39 is 52.6 Å². The van der Waals surface area contributed by atoms with Crippen molar-refractivity contribution in [1.82, 2.24) is 34.6 Å². The van der Waals surface area contributed by atoms with Gasteiger partial charge in [-0.3, -0.25) is 14.4 Å². The molecule has 0 spiro atoms. The summed E-state index contributed by atoms with van der Waals surface area (Å²) < 4.78 is 55.0. The molecule has 20 nitrogen and oxygen atoms in total. The Morgan fingerprint density at radius 1 is 0.841 bits per heavy atom. The van der Waals surface area contributed by atoms with Gasteiger partial charge in [-0.1, -0.05) is 61.2 Å². The standard InChI is InChI=1S/C64H79ClF2N10O10S/c1-39(74(6)63(83)87-64(2,3)4)51(79)37-44(40-14-8-7-9-15-40)60(81)77-25-13-19-49(77)59-70-48(38-88-59)42-21-22-52(43-17-11-10-16-41(42)43)86-35-34-85-33-32-84-31-30-73(5)53(80)23-24-69-62-71-57-45(58(72-62)75-26-28-76(29-27-75)61(68)82)36-46(65)54(56(57)67)55-47(66)18-12-20-50(55)78/h10-12,16-18,20-22,36,38-40,44,49,78H,7-9,13-15,19,23-35,37H2,1-6H3,(H2,68,82)(H,69,71,72)/t39-,44-,49-/m0/s1. The average molecular weight is 1250 g/mol. The number of carbonyl (C=O) groups is 5. The zero-order valence-electron chi connectivity index (χ0n) is 50.8. The molecule has 3 atom stereocenters. The molecule has 0 bridgehead atoms. The zero-order valence-corrected chi connectivity index (χ0v) is 52.4. The molecule has 1 saturated carbocycles. The second-order valence-electron chi connectivity index (χ2n) is 23.7. The monoisotopic (exact) mass is 1250 g/mol. The zero-order chi connectivity index (χ0) is 62.8. The van der Waals surface area contributed by atoms with Crippen LogP contribution in [0.4, 0.5) is 30.1 Å². The summed E-state index contributed by atoms with van der Waals surface area (Å²) in [6.45, 7) is 10.7. The number of phenols is 1. The molecule has 2 aliphatic heterocycles. The number of thiazole rings is 1. The highest BCUT2D eigenvalue weighted by molar-refractivity contribution is 7.10. The molecule has 24 heteroatoms. The number of likely N-dealkylation sites (tertiary alicyclic amines) is 1. The minimum Gasteiger partial charge on any atom is -0.507 e. The number of fused-ring (bicyclic) bond motifs is 2. The molecule has 2 aromatic heterocycles. The number of amides is 5. The Kier molecular flexibility index (Phi) is 21.6. The number of carbonyl (C=O) groups excluding carboxylic acids is 5. The van der Waals surface area contributed by atoms with E-state index in [-0.39, 0.29) is 109 Å². The average Bonchev–Trinajstić information content (AvgIpc) is 0.996. The van der Waals surface area contributed by atoms with Crippen LogP contribution in [0.1, 0.15) is 96.5 Å².